The molecule has 3 rings (SSSR count). The van der Waals surface area contributed by atoms with Gasteiger partial charge in [-0.1, -0.05) is 36.8 Å². The number of hydrogen-bond donors (Lipinski definition) is 1. The Morgan fingerprint density at radius 1 is 1.10 bits per heavy atom. The molecule has 5 atom stereocenters. The molecule has 2 bridgehead atoms. The Balaban J connectivity index is 1.43. The predicted octanol–water partition coefficient (Wildman–Crippen LogP) is 4.42. The van der Waals surface area contributed by atoms with Crippen LogP contribution in [0.25, 0.3) is 0 Å². The number of rotatable bonds is 6. The average molecular weight is 271 g/mol. The van der Waals surface area contributed by atoms with Crippen LogP contribution in [0, 0.1) is 17.8 Å². The van der Waals surface area contributed by atoms with Gasteiger partial charge in [0.05, 0.1) is 0 Å². The van der Waals surface area contributed by atoms with Crippen LogP contribution >= 0.6 is 0 Å². The zero-order chi connectivity index (χ0) is 13.9. The van der Waals surface area contributed by atoms with Crippen LogP contribution in [0.4, 0.5) is 0 Å². The molecular formula is C19H29N. The van der Waals surface area contributed by atoms with E-state index in [1.54, 1.807) is 0 Å². The Labute approximate surface area is 124 Å². The third kappa shape index (κ3) is 3.25. The molecule has 110 valence electrons. The second-order valence-corrected chi connectivity index (χ2v) is 7.22. The number of hydrogen-bond acceptors (Lipinski definition) is 1. The topological polar surface area (TPSA) is 12.0 Å². The first kappa shape index (κ1) is 14.1. The van der Waals surface area contributed by atoms with Crippen LogP contribution in [0.1, 0.15) is 51.5 Å². The second kappa shape index (κ2) is 6.30. The molecule has 1 aromatic carbocycles. The van der Waals surface area contributed by atoms with Gasteiger partial charge >= 0.3 is 0 Å². The van der Waals surface area contributed by atoms with Crippen molar-refractivity contribution >= 4 is 0 Å². The molecule has 0 radical (unpaired) electrons. The van der Waals surface area contributed by atoms with Crippen LogP contribution in [0.15, 0.2) is 30.3 Å². The molecule has 2 aliphatic rings. The molecule has 2 aliphatic carbocycles. The minimum absolute atomic E-state index is 0.629. The molecule has 0 aromatic heterocycles. The molecule has 20 heavy (non-hydrogen) atoms. The van der Waals surface area contributed by atoms with Gasteiger partial charge in [-0.2, -0.15) is 0 Å². The minimum Gasteiger partial charge on any atom is -0.311 e. The standard InChI is InChI=1S/C19H29N/c1-14(8-9-16-6-4-3-5-7-16)20-15(2)19-13-17-10-11-18(19)12-17/h3-7,14-15,17-20H,8-13H2,1-2H3. The van der Waals surface area contributed by atoms with Crippen LogP contribution in [-0.2, 0) is 6.42 Å². The number of benzene rings is 1. The summed E-state index contributed by atoms with van der Waals surface area (Å²) in [5, 5.41) is 3.88. The molecule has 1 N–H and O–H groups in total. The Hall–Kier alpha value is -0.820. The first-order chi connectivity index (χ1) is 9.72. The highest BCUT2D eigenvalue weighted by atomic mass is 14.9. The summed E-state index contributed by atoms with van der Waals surface area (Å²) in [4.78, 5) is 0. The van der Waals surface area contributed by atoms with E-state index in [1.807, 2.05) is 0 Å². The summed E-state index contributed by atoms with van der Waals surface area (Å²) in [6.07, 6.45) is 8.46. The minimum atomic E-state index is 0.629. The Morgan fingerprint density at radius 3 is 2.55 bits per heavy atom. The van der Waals surface area contributed by atoms with Gasteiger partial charge in [0.2, 0.25) is 0 Å². The van der Waals surface area contributed by atoms with Gasteiger partial charge in [-0.15, -0.1) is 0 Å². The van der Waals surface area contributed by atoms with Gasteiger partial charge in [-0.3, -0.25) is 0 Å². The van der Waals surface area contributed by atoms with Crippen molar-refractivity contribution in [2.24, 2.45) is 17.8 Å². The zero-order valence-electron chi connectivity index (χ0n) is 13.0. The van der Waals surface area contributed by atoms with Crippen molar-refractivity contribution in [3.8, 4) is 0 Å². The van der Waals surface area contributed by atoms with E-state index in [0.717, 1.165) is 17.8 Å². The van der Waals surface area contributed by atoms with Gasteiger partial charge in [0.15, 0.2) is 0 Å². The van der Waals surface area contributed by atoms with E-state index in [2.05, 4.69) is 49.5 Å². The quantitative estimate of drug-likeness (QED) is 0.807. The van der Waals surface area contributed by atoms with Crippen LogP contribution in [0.5, 0.6) is 0 Å². The van der Waals surface area contributed by atoms with Gasteiger partial charge in [0.25, 0.3) is 0 Å². The lowest BCUT2D eigenvalue weighted by atomic mass is 9.83. The molecule has 0 amide bonds. The van der Waals surface area contributed by atoms with E-state index >= 15 is 0 Å². The summed E-state index contributed by atoms with van der Waals surface area (Å²) in [5.41, 5.74) is 1.47. The summed E-state index contributed by atoms with van der Waals surface area (Å²) < 4.78 is 0. The SMILES string of the molecule is CC(CCc1ccccc1)NC(C)C1CC2CCC1C2. The summed E-state index contributed by atoms with van der Waals surface area (Å²) in [7, 11) is 0. The normalized spacial score (nSPS) is 31.4. The fourth-order valence-corrected chi connectivity index (χ4v) is 4.59. The smallest absolute Gasteiger partial charge is 0.00722 e. The molecule has 0 spiro atoms. The van der Waals surface area contributed by atoms with Crippen molar-refractivity contribution in [3.05, 3.63) is 35.9 Å². The Kier molecular flexibility index (Phi) is 4.45. The highest BCUT2D eigenvalue weighted by molar-refractivity contribution is 5.14. The number of aryl methyl sites for hydroxylation is 1. The lowest BCUT2D eigenvalue weighted by Crippen LogP contribution is -2.41. The molecule has 0 saturated heterocycles. The maximum absolute atomic E-state index is 3.88. The van der Waals surface area contributed by atoms with Gasteiger partial charge in [0, 0.05) is 12.1 Å². The van der Waals surface area contributed by atoms with Gasteiger partial charge in [0.1, 0.15) is 0 Å². The van der Waals surface area contributed by atoms with Crippen molar-refractivity contribution in [3.63, 3.8) is 0 Å². The first-order valence-corrected chi connectivity index (χ1v) is 8.52. The molecule has 1 heteroatoms. The molecule has 0 heterocycles. The first-order valence-electron chi connectivity index (χ1n) is 8.52. The highest BCUT2D eigenvalue weighted by Crippen LogP contribution is 2.49. The van der Waals surface area contributed by atoms with Gasteiger partial charge < -0.3 is 5.32 Å². The van der Waals surface area contributed by atoms with Gasteiger partial charge in [-0.25, -0.2) is 0 Å². The van der Waals surface area contributed by atoms with Crippen LogP contribution < -0.4 is 5.32 Å². The van der Waals surface area contributed by atoms with E-state index in [9.17, 15) is 0 Å². The summed E-state index contributed by atoms with van der Waals surface area (Å²) in [6, 6.07) is 12.2. The molecule has 2 saturated carbocycles. The average Bonchev–Trinajstić information content (AvgIpc) is 3.09. The molecule has 2 fully saturated rings. The van der Waals surface area contributed by atoms with Crippen LogP contribution in [0.2, 0.25) is 0 Å². The van der Waals surface area contributed by atoms with Crippen molar-refractivity contribution in [1.82, 2.24) is 5.32 Å². The summed E-state index contributed by atoms with van der Waals surface area (Å²) in [5.74, 6) is 3.05. The summed E-state index contributed by atoms with van der Waals surface area (Å²) in [6.45, 7) is 4.77. The number of fused-ring (bicyclic) bond motifs is 2. The van der Waals surface area contributed by atoms with Crippen molar-refractivity contribution in [1.29, 1.82) is 0 Å². The Morgan fingerprint density at radius 2 is 1.90 bits per heavy atom. The fraction of sp³-hybridized carbons (Fsp3) is 0.684. The molecule has 1 nitrogen and oxygen atoms in total. The summed E-state index contributed by atoms with van der Waals surface area (Å²) >= 11 is 0. The maximum Gasteiger partial charge on any atom is 0.00722 e. The molecule has 1 aromatic rings. The largest absolute Gasteiger partial charge is 0.311 e. The van der Waals surface area contributed by atoms with E-state index < -0.39 is 0 Å². The van der Waals surface area contributed by atoms with Crippen molar-refractivity contribution in [2.45, 2.75) is 64.5 Å². The van der Waals surface area contributed by atoms with Crippen molar-refractivity contribution < 1.29 is 0 Å². The molecular weight excluding hydrogens is 242 g/mol. The third-order valence-electron chi connectivity index (χ3n) is 5.69. The molecule has 0 aliphatic heterocycles. The monoisotopic (exact) mass is 271 g/mol. The predicted molar refractivity (Wildman–Crippen MR) is 85.8 cm³/mol. The van der Waals surface area contributed by atoms with E-state index in [0.29, 0.717) is 12.1 Å². The zero-order valence-corrected chi connectivity index (χ0v) is 13.0. The van der Waals surface area contributed by atoms with Crippen LogP contribution in [0.3, 0.4) is 0 Å². The number of nitrogens with one attached hydrogen (secondary N) is 1. The molecule has 5 unspecified atom stereocenters. The highest BCUT2D eigenvalue weighted by Gasteiger charge is 2.41. The van der Waals surface area contributed by atoms with Crippen molar-refractivity contribution in [2.75, 3.05) is 0 Å². The van der Waals surface area contributed by atoms with Crippen LogP contribution in [-0.4, -0.2) is 12.1 Å². The van der Waals surface area contributed by atoms with Gasteiger partial charge in [-0.05, 0) is 69.3 Å². The lowest BCUT2D eigenvalue weighted by Gasteiger charge is -2.31. The van der Waals surface area contributed by atoms with E-state index in [-0.39, 0.29) is 0 Å². The van der Waals surface area contributed by atoms with E-state index in [4.69, 9.17) is 0 Å². The lowest BCUT2D eigenvalue weighted by molar-refractivity contribution is 0.245. The third-order valence-corrected chi connectivity index (χ3v) is 5.69. The van der Waals surface area contributed by atoms with E-state index in [1.165, 1.54) is 44.1 Å². The Bertz CT molecular complexity index is 413. The fourth-order valence-electron chi connectivity index (χ4n) is 4.59. The second-order valence-electron chi connectivity index (χ2n) is 7.22. The maximum atomic E-state index is 3.88.